The van der Waals surface area contributed by atoms with Crippen LogP contribution in [0.25, 0.3) is 0 Å². The molecule has 0 saturated carbocycles. The van der Waals surface area contributed by atoms with Gasteiger partial charge in [-0.15, -0.1) is 0 Å². The lowest BCUT2D eigenvalue weighted by molar-refractivity contribution is -0.126. The number of nitrogens with two attached hydrogens (primary N) is 1. The minimum Gasteiger partial charge on any atom is -0.496 e. The molecule has 2 unspecified atom stereocenters. The average molecular weight is 264 g/mol. The fourth-order valence-corrected chi connectivity index (χ4v) is 2.10. The molecule has 0 spiro atoms. The van der Waals surface area contributed by atoms with Crippen LogP contribution < -0.4 is 15.8 Å². The number of hydrogen-bond donors (Lipinski definition) is 2. The summed E-state index contributed by atoms with van der Waals surface area (Å²) in [6, 6.07) is 7.59. The predicted molar refractivity (Wildman–Crippen MR) is 76.9 cm³/mol. The lowest BCUT2D eigenvalue weighted by Gasteiger charge is -2.22. The highest BCUT2D eigenvalue weighted by molar-refractivity contribution is 5.79. The van der Waals surface area contributed by atoms with Crippen molar-refractivity contribution in [2.45, 2.75) is 26.8 Å². The molecule has 0 heterocycles. The van der Waals surface area contributed by atoms with Gasteiger partial charge in [0.25, 0.3) is 0 Å². The molecule has 1 aromatic carbocycles. The van der Waals surface area contributed by atoms with Gasteiger partial charge in [-0.2, -0.15) is 0 Å². The SMILES string of the molecule is COc1ccccc1C(C)NC(=O)C(CN)C(C)C. The number of carbonyl (C=O) groups is 1. The summed E-state index contributed by atoms with van der Waals surface area (Å²) < 4.78 is 5.31. The average Bonchev–Trinajstić information content (AvgIpc) is 2.38. The Kier molecular flexibility index (Phi) is 5.83. The normalized spacial score (nSPS) is 14.0. The second kappa shape index (κ2) is 7.14. The molecule has 0 aliphatic heterocycles. The van der Waals surface area contributed by atoms with Gasteiger partial charge in [0, 0.05) is 12.1 Å². The van der Waals surface area contributed by atoms with Gasteiger partial charge in [-0.05, 0) is 18.9 Å². The highest BCUT2D eigenvalue weighted by Gasteiger charge is 2.23. The van der Waals surface area contributed by atoms with Gasteiger partial charge in [-0.1, -0.05) is 32.0 Å². The molecule has 1 rings (SSSR count). The Bertz CT molecular complexity index is 418. The first kappa shape index (κ1) is 15.5. The number of amides is 1. The van der Waals surface area contributed by atoms with Crippen molar-refractivity contribution in [2.75, 3.05) is 13.7 Å². The van der Waals surface area contributed by atoms with Crippen LogP contribution in [0.2, 0.25) is 0 Å². The van der Waals surface area contributed by atoms with Crippen molar-refractivity contribution in [2.24, 2.45) is 17.6 Å². The van der Waals surface area contributed by atoms with E-state index >= 15 is 0 Å². The van der Waals surface area contributed by atoms with Crippen LogP contribution in [0.1, 0.15) is 32.4 Å². The molecule has 4 nitrogen and oxygen atoms in total. The molecule has 0 bridgehead atoms. The molecule has 19 heavy (non-hydrogen) atoms. The first-order chi connectivity index (χ1) is 9.01. The Hall–Kier alpha value is -1.55. The molecular weight excluding hydrogens is 240 g/mol. The smallest absolute Gasteiger partial charge is 0.225 e. The molecule has 0 aliphatic carbocycles. The molecule has 0 aromatic heterocycles. The summed E-state index contributed by atoms with van der Waals surface area (Å²) in [6.07, 6.45) is 0. The quantitative estimate of drug-likeness (QED) is 0.827. The number of rotatable bonds is 6. The fourth-order valence-electron chi connectivity index (χ4n) is 2.10. The van der Waals surface area contributed by atoms with Gasteiger partial charge < -0.3 is 15.8 Å². The fraction of sp³-hybridized carbons (Fsp3) is 0.533. The van der Waals surface area contributed by atoms with Gasteiger partial charge in [-0.3, -0.25) is 4.79 Å². The van der Waals surface area contributed by atoms with Crippen LogP contribution in [0, 0.1) is 11.8 Å². The molecule has 0 saturated heterocycles. The van der Waals surface area contributed by atoms with Gasteiger partial charge in [0.05, 0.1) is 19.1 Å². The van der Waals surface area contributed by atoms with Crippen LogP contribution in [-0.4, -0.2) is 19.6 Å². The van der Waals surface area contributed by atoms with Crippen molar-refractivity contribution < 1.29 is 9.53 Å². The molecule has 4 heteroatoms. The maximum Gasteiger partial charge on any atom is 0.225 e. The van der Waals surface area contributed by atoms with Crippen LogP contribution in [0.5, 0.6) is 5.75 Å². The third-order valence-corrected chi connectivity index (χ3v) is 3.36. The van der Waals surface area contributed by atoms with E-state index in [4.69, 9.17) is 10.5 Å². The Morgan fingerprint density at radius 1 is 1.32 bits per heavy atom. The molecule has 0 fully saturated rings. The summed E-state index contributed by atoms with van der Waals surface area (Å²) in [6.45, 7) is 6.32. The molecule has 1 aromatic rings. The Morgan fingerprint density at radius 3 is 2.47 bits per heavy atom. The molecule has 106 valence electrons. The van der Waals surface area contributed by atoms with Crippen molar-refractivity contribution in [3.63, 3.8) is 0 Å². The summed E-state index contributed by atoms with van der Waals surface area (Å²) in [5.74, 6) is 0.854. The molecule has 0 aliphatic rings. The van der Waals surface area contributed by atoms with Crippen molar-refractivity contribution in [1.29, 1.82) is 0 Å². The van der Waals surface area contributed by atoms with E-state index in [0.717, 1.165) is 11.3 Å². The molecule has 3 N–H and O–H groups in total. The summed E-state index contributed by atoms with van der Waals surface area (Å²) in [5.41, 5.74) is 6.63. The number of ether oxygens (including phenoxy) is 1. The highest BCUT2D eigenvalue weighted by Crippen LogP contribution is 2.24. The van der Waals surface area contributed by atoms with Crippen LogP contribution >= 0.6 is 0 Å². The van der Waals surface area contributed by atoms with Crippen LogP contribution in [0.15, 0.2) is 24.3 Å². The van der Waals surface area contributed by atoms with Crippen LogP contribution in [0.3, 0.4) is 0 Å². The van der Waals surface area contributed by atoms with E-state index in [1.54, 1.807) is 7.11 Å². The van der Waals surface area contributed by atoms with E-state index in [2.05, 4.69) is 5.32 Å². The zero-order chi connectivity index (χ0) is 14.4. The lowest BCUT2D eigenvalue weighted by Crippen LogP contribution is -2.39. The Labute approximate surface area is 115 Å². The second-order valence-electron chi connectivity index (χ2n) is 5.06. The standard InChI is InChI=1S/C15H24N2O2/c1-10(2)13(9-16)15(18)17-11(3)12-7-5-6-8-14(12)19-4/h5-8,10-11,13H,9,16H2,1-4H3,(H,17,18). The first-order valence-electron chi connectivity index (χ1n) is 6.64. The van der Waals surface area contributed by atoms with E-state index in [0.29, 0.717) is 6.54 Å². The van der Waals surface area contributed by atoms with Gasteiger partial charge >= 0.3 is 0 Å². The maximum atomic E-state index is 12.2. The lowest BCUT2D eigenvalue weighted by atomic mass is 9.94. The number of hydrogen-bond acceptors (Lipinski definition) is 3. The molecule has 2 atom stereocenters. The van der Waals surface area contributed by atoms with Crippen molar-refractivity contribution in [3.05, 3.63) is 29.8 Å². The minimum absolute atomic E-state index is 0.00379. The summed E-state index contributed by atoms with van der Waals surface area (Å²) >= 11 is 0. The van der Waals surface area contributed by atoms with Crippen LogP contribution in [-0.2, 0) is 4.79 Å². The van der Waals surface area contributed by atoms with Crippen molar-refractivity contribution >= 4 is 5.91 Å². The topological polar surface area (TPSA) is 64.3 Å². The number of para-hydroxylation sites is 1. The van der Waals surface area contributed by atoms with E-state index < -0.39 is 0 Å². The van der Waals surface area contributed by atoms with Gasteiger partial charge in [-0.25, -0.2) is 0 Å². The Morgan fingerprint density at radius 2 is 1.95 bits per heavy atom. The van der Waals surface area contributed by atoms with E-state index in [9.17, 15) is 4.79 Å². The first-order valence-corrected chi connectivity index (χ1v) is 6.64. The summed E-state index contributed by atoms with van der Waals surface area (Å²) in [4.78, 5) is 12.2. The van der Waals surface area contributed by atoms with Gasteiger partial charge in [0.2, 0.25) is 5.91 Å². The van der Waals surface area contributed by atoms with Crippen molar-refractivity contribution in [1.82, 2.24) is 5.32 Å². The van der Waals surface area contributed by atoms with Crippen molar-refractivity contribution in [3.8, 4) is 5.75 Å². The number of methoxy groups -OCH3 is 1. The Balaban J connectivity index is 2.79. The maximum absolute atomic E-state index is 12.2. The minimum atomic E-state index is -0.155. The number of benzene rings is 1. The van der Waals surface area contributed by atoms with E-state index in [1.165, 1.54) is 0 Å². The van der Waals surface area contributed by atoms with Gasteiger partial charge in [0.1, 0.15) is 5.75 Å². The summed E-state index contributed by atoms with van der Waals surface area (Å²) in [7, 11) is 1.63. The summed E-state index contributed by atoms with van der Waals surface area (Å²) in [5, 5.41) is 3.00. The highest BCUT2D eigenvalue weighted by atomic mass is 16.5. The molecule has 0 radical (unpaired) electrons. The monoisotopic (exact) mass is 264 g/mol. The van der Waals surface area contributed by atoms with Crippen LogP contribution in [0.4, 0.5) is 0 Å². The van der Waals surface area contributed by atoms with E-state index in [-0.39, 0.29) is 23.8 Å². The number of nitrogens with one attached hydrogen (secondary N) is 1. The largest absolute Gasteiger partial charge is 0.496 e. The molecular formula is C15H24N2O2. The zero-order valence-electron chi connectivity index (χ0n) is 12.1. The number of carbonyl (C=O) groups excluding carboxylic acids is 1. The third-order valence-electron chi connectivity index (χ3n) is 3.36. The third kappa shape index (κ3) is 3.96. The molecule has 1 amide bonds. The second-order valence-corrected chi connectivity index (χ2v) is 5.06. The predicted octanol–water partition coefficient (Wildman–Crippen LogP) is 2.10. The van der Waals surface area contributed by atoms with Gasteiger partial charge in [0.15, 0.2) is 0 Å². The van der Waals surface area contributed by atoms with E-state index in [1.807, 2.05) is 45.0 Å². The zero-order valence-corrected chi connectivity index (χ0v) is 12.1.